The van der Waals surface area contributed by atoms with Gasteiger partial charge in [0.25, 0.3) is 0 Å². The molecule has 2 aromatic rings. The number of nitrogens with zero attached hydrogens (tertiary/aromatic N) is 3. The molecule has 2 aromatic carbocycles. The quantitative estimate of drug-likeness (QED) is 0.642. The maximum atomic E-state index is 15.0. The van der Waals surface area contributed by atoms with E-state index in [0.717, 1.165) is 57.8 Å². The largest absolute Gasteiger partial charge is 0.369 e. The SMILES string of the molecule is O=C1CCC(c2ccc(N3CCC(N4CCN(c5ccc(Cl)c(F)c5)CC4)CC3)c(F)c2)C(=O)N1. The van der Waals surface area contributed by atoms with Crippen molar-refractivity contribution in [1.29, 1.82) is 0 Å². The lowest BCUT2D eigenvalue weighted by Crippen LogP contribution is -2.53. The number of anilines is 2. The molecule has 6 nitrogen and oxygen atoms in total. The summed E-state index contributed by atoms with van der Waals surface area (Å²) in [6.07, 6.45) is 2.58. The van der Waals surface area contributed by atoms with Crippen LogP contribution in [-0.4, -0.2) is 62.0 Å². The Kier molecular flexibility index (Phi) is 6.93. The highest BCUT2D eigenvalue weighted by Gasteiger charge is 2.31. The van der Waals surface area contributed by atoms with Gasteiger partial charge in [0.2, 0.25) is 11.8 Å². The third-order valence-corrected chi connectivity index (χ3v) is 7.82. The lowest BCUT2D eigenvalue weighted by atomic mass is 9.90. The van der Waals surface area contributed by atoms with Crippen molar-refractivity contribution in [1.82, 2.24) is 10.2 Å². The molecule has 9 heteroatoms. The van der Waals surface area contributed by atoms with E-state index in [1.807, 2.05) is 12.1 Å². The molecule has 3 aliphatic rings. The van der Waals surface area contributed by atoms with Crippen molar-refractivity contribution in [2.75, 3.05) is 49.1 Å². The van der Waals surface area contributed by atoms with Gasteiger partial charge in [-0.3, -0.25) is 19.8 Å². The summed E-state index contributed by atoms with van der Waals surface area (Å²) in [5.74, 6) is -1.82. The molecule has 5 rings (SSSR count). The van der Waals surface area contributed by atoms with Crippen LogP contribution in [0, 0.1) is 11.6 Å². The van der Waals surface area contributed by atoms with Gasteiger partial charge in [-0.1, -0.05) is 17.7 Å². The van der Waals surface area contributed by atoms with Gasteiger partial charge in [0.05, 0.1) is 16.6 Å². The zero-order valence-corrected chi connectivity index (χ0v) is 20.2. The van der Waals surface area contributed by atoms with Crippen LogP contribution in [0.25, 0.3) is 0 Å². The molecule has 0 spiro atoms. The summed E-state index contributed by atoms with van der Waals surface area (Å²) >= 11 is 5.81. The van der Waals surface area contributed by atoms with Crippen molar-refractivity contribution in [2.45, 2.75) is 37.6 Å². The first-order chi connectivity index (χ1) is 16.9. The van der Waals surface area contributed by atoms with E-state index in [-0.39, 0.29) is 29.1 Å². The van der Waals surface area contributed by atoms with E-state index < -0.39 is 11.7 Å². The number of piperazine rings is 1. The number of halogens is 3. The molecule has 3 aliphatic heterocycles. The van der Waals surface area contributed by atoms with Crippen molar-refractivity contribution in [3.63, 3.8) is 0 Å². The molecule has 1 unspecified atom stereocenters. The third kappa shape index (κ3) is 5.14. The Morgan fingerprint density at radius 1 is 0.829 bits per heavy atom. The van der Waals surface area contributed by atoms with E-state index in [9.17, 15) is 14.0 Å². The van der Waals surface area contributed by atoms with Crippen molar-refractivity contribution in [3.05, 3.63) is 58.6 Å². The summed E-state index contributed by atoms with van der Waals surface area (Å²) in [7, 11) is 0. The minimum Gasteiger partial charge on any atom is -0.369 e. The molecule has 0 saturated carbocycles. The van der Waals surface area contributed by atoms with Crippen LogP contribution < -0.4 is 15.1 Å². The lowest BCUT2D eigenvalue weighted by molar-refractivity contribution is -0.134. The van der Waals surface area contributed by atoms with Gasteiger partial charge in [-0.05, 0) is 55.2 Å². The van der Waals surface area contributed by atoms with Crippen LogP contribution in [0.2, 0.25) is 5.02 Å². The van der Waals surface area contributed by atoms with E-state index in [2.05, 4.69) is 20.0 Å². The highest BCUT2D eigenvalue weighted by atomic mass is 35.5. The lowest BCUT2D eigenvalue weighted by Gasteiger charge is -2.44. The number of piperidine rings is 2. The average molecular weight is 503 g/mol. The Morgan fingerprint density at radius 2 is 1.57 bits per heavy atom. The van der Waals surface area contributed by atoms with Crippen molar-refractivity contribution < 1.29 is 18.4 Å². The second-order valence-corrected chi connectivity index (χ2v) is 9.96. The first-order valence-electron chi connectivity index (χ1n) is 12.2. The number of benzene rings is 2. The first kappa shape index (κ1) is 24.0. The summed E-state index contributed by atoms with van der Waals surface area (Å²) in [5, 5.41) is 2.48. The summed E-state index contributed by atoms with van der Waals surface area (Å²) in [6, 6.07) is 10.4. The second kappa shape index (κ2) is 10.1. The molecule has 0 radical (unpaired) electrons. The van der Waals surface area contributed by atoms with Gasteiger partial charge in [0.15, 0.2) is 0 Å². The monoisotopic (exact) mass is 502 g/mol. The Balaban J connectivity index is 1.15. The van der Waals surface area contributed by atoms with Crippen LogP contribution in [0.1, 0.15) is 37.2 Å². The normalized spacial score (nSPS) is 22.4. The average Bonchev–Trinajstić information content (AvgIpc) is 2.86. The number of hydrogen-bond donors (Lipinski definition) is 1. The number of rotatable bonds is 4. The molecular formula is C26H29ClF2N4O2. The maximum absolute atomic E-state index is 15.0. The van der Waals surface area contributed by atoms with Crippen molar-refractivity contribution >= 4 is 34.8 Å². The molecule has 3 heterocycles. The minimum absolute atomic E-state index is 0.140. The van der Waals surface area contributed by atoms with Gasteiger partial charge in [-0.2, -0.15) is 0 Å². The van der Waals surface area contributed by atoms with Gasteiger partial charge in [-0.15, -0.1) is 0 Å². The molecular weight excluding hydrogens is 474 g/mol. The van der Waals surface area contributed by atoms with Crippen LogP contribution >= 0.6 is 11.6 Å². The van der Waals surface area contributed by atoms with Crippen LogP contribution in [0.4, 0.5) is 20.2 Å². The minimum atomic E-state index is -0.481. The van der Waals surface area contributed by atoms with E-state index in [1.165, 1.54) is 12.1 Å². The number of nitrogens with one attached hydrogen (secondary N) is 1. The van der Waals surface area contributed by atoms with Crippen LogP contribution in [0.5, 0.6) is 0 Å². The standard InChI is InChI=1S/C26H29ClF2N4O2/c27-21-4-2-19(16-22(21)28)32-13-11-31(12-14-32)18-7-9-33(10-8-18)24-5-1-17(15-23(24)29)20-3-6-25(34)30-26(20)35/h1-2,4-5,15-16,18,20H,3,6-14H2,(H,30,34,35). The van der Waals surface area contributed by atoms with E-state index in [4.69, 9.17) is 11.6 Å². The molecule has 0 aliphatic carbocycles. The van der Waals surface area contributed by atoms with Crippen LogP contribution in [0.15, 0.2) is 36.4 Å². The molecule has 3 fully saturated rings. The summed E-state index contributed by atoms with van der Waals surface area (Å²) < 4.78 is 28.8. The number of hydrogen-bond acceptors (Lipinski definition) is 5. The van der Waals surface area contributed by atoms with E-state index >= 15 is 4.39 Å². The Morgan fingerprint density at radius 3 is 2.23 bits per heavy atom. The second-order valence-electron chi connectivity index (χ2n) is 9.55. The number of amides is 2. The fourth-order valence-corrected chi connectivity index (χ4v) is 5.62. The van der Waals surface area contributed by atoms with Crippen LogP contribution in [0.3, 0.4) is 0 Å². The van der Waals surface area contributed by atoms with Gasteiger partial charge in [-0.25, -0.2) is 8.78 Å². The number of imide groups is 1. The molecule has 0 bridgehead atoms. The topological polar surface area (TPSA) is 55.9 Å². The van der Waals surface area contributed by atoms with E-state index in [1.54, 1.807) is 12.1 Å². The van der Waals surface area contributed by atoms with E-state index in [0.29, 0.717) is 23.7 Å². The Bertz CT molecular complexity index is 1110. The number of carbonyl (C=O) groups excluding carboxylic acids is 2. The summed E-state index contributed by atoms with van der Waals surface area (Å²) in [5.41, 5.74) is 2.04. The molecule has 0 aromatic heterocycles. The molecule has 186 valence electrons. The fourth-order valence-electron chi connectivity index (χ4n) is 5.51. The zero-order chi connectivity index (χ0) is 24.5. The Labute approximate surface area is 208 Å². The van der Waals surface area contributed by atoms with Gasteiger partial charge in [0.1, 0.15) is 11.6 Å². The van der Waals surface area contributed by atoms with Crippen LogP contribution in [-0.2, 0) is 9.59 Å². The molecule has 35 heavy (non-hydrogen) atoms. The molecule has 1 atom stereocenters. The van der Waals surface area contributed by atoms with Gasteiger partial charge >= 0.3 is 0 Å². The third-order valence-electron chi connectivity index (χ3n) is 7.52. The highest BCUT2D eigenvalue weighted by molar-refractivity contribution is 6.30. The fraction of sp³-hybridized carbons (Fsp3) is 0.462. The predicted molar refractivity (Wildman–Crippen MR) is 132 cm³/mol. The number of carbonyl (C=O) groups is 2. The van der Waals surface area contributed by atoms with Gasteiger partial charge < -0.3 is 9.80 Å². The van der Waals surface area contributed by atoms with Crippen molar-refractivity contribution in [3.8, 4) is 0 Å². The van der Waals surface area contributed by atoms with Crippen molar-refractivity contribution in [2.24, 2.45) is 0 Å². The Hall–Kier alpha value is -2.71. The predicted octanol–water partition coefficient (Wildman–Crippen LogP) is 3.93. The highest BCUT2D eigenvalue weighted by Crippen LogP contribution is 2.31. The smallest absolute Gasteiger partial charge is 0.234 e. The first-order valence-corrected chi connectivity index (χ1v) is 12.6. The summed E-state index contributed by atoms with van der Waals surface area (Å²) in [6.45, 7) is 5.01. The summed E-state index contributed by atoms with van der Waals surface area (Å²) in [4.78, 5) is 30.3. The van der Waals surface area contributed by atoms with Gasteiger partial charge in [0, 0.05) is 57.4 Å². The maximum Gasteiger partial charge on any atom is 0.234 e. The zero-order valence-electron chi connectivity index (χ0n) is 19.5. The molecule has 1 N–H and O–H groups in total. The molecule has 2 amide bonds. The molecule has 3 saturated heterocycles.